The lowest BCUT2D eigenvalue weighted by molar-refractivity contribution is 0.982. The minimum Gasteiger partial charge on any atom is -0.339 e. The predicted molar refractivity (Wildman–Crippen MR) is 93.5 cm³/mol. The number of rotatable bonds is 4. The van der Waals surface area contributed by atoms with Crippen LogP contribution < -0.4 is 10.6 Å². The van der Waals surface area contributed by atoms with Crippen molar-refractivity contribution >= 4 is 23.1 Å². The van der Waals surface area contributed by atoms with E-state index >= 15 is 0 Å². The normalized spacial score (nSPS) is 10.4. The van der Waals surface area contributed by atoms with Crippen LogP contribution in [0.15, 0.2) is 48.7 Å². The van der Waals surface area contributed by atoms with Crippen LogP contribution in [0, 0.1) is 20.8 Å². The van der Waals surface area contributed by atoms with Crippen LogP contribution in [0.4, 0.5) is 23.1 Å². The quantitative estimate of drug-likeness (QED) is 0.753. The second-order valence-corrected chi connectivity index (χ2v) is 5.60. The Bertz CT molecular complexity index is 812. The molecule has 1 heterocycles. The molecule has 0 atom stereocenters. The molecule has 0 amide bonds. The van der Waals surface area contributed by atoms with Gasteiger partial charge in [0.2, 0.25) is 5.95 Å². The van der Waals surface area contributed by atoms with Crippen molar-refractivity contribution in [2.75, 3.05) is 10.6 Å². The van der Waals surface area contributed by atoms with Crippen molar-refractivity contribution in [2.24, 2.45) is 0 Å². The van der Waals surface area contributed by atoms with Crippen molar-refractivity contribution < 1.29 is 0 Å². The Morgan fingerprint density at radius 1 is 0.826 bits per heavy atom. The van der Waals surface area contributed by atoms with Gasteiger partial charge in [0.05, 0.1) is 6.20 Å². The molecule has 116 valence electrons. The molecule has 0 spiro atoms. The lowest BCUT2D eigenvalue weighted by Crippen LogP contribution is -2.03. The van der Waals surface area contributed by atoms with Crippen LogP contribution in [0.25, 0.3) is 0 Å². The van der Waals surface area contributed by atoms with Crippen LogP contribution in [0.2, 0.25) is 0 Å². The first-order valence-corrected chi connectivity index (χ1v) is 7.48. The van der Waals surface area contributed by atoms with E-state index in [1.165, 1.54) is 11.1 Å². The molecule has 2 aromatic carbocycles. The summed E-state index contributed by atoms with van der Waals surface area (Å²) in [5.74, 6) is 1.12. The summed E-state index contributed by atoms with van der Waals surface area (Å²) in [5, 5.41) is 14.5. The van der Waals surface area contributed by atoms with Crippen LogP contribution in [0.5, 0.6) is 0 Å². The molecule has 0 aliphatic carbocycles. The summed E-state index contributed by atoms with van der Waals surface area (Å²) < 4.78 is 0. The minimum atomic E-state index is 0.462. The molecular weight excluding hydrogens is 286 g/mol. The van der Waals surface area contributed by atoms with Crippen LogP contribution in [-0.2, 0) is 0 Å². The molecule has 23 heavy (non-hydrogen) atoms. The molecule has 0 aliphatic heterocycles. The summed E-state index contributed by atoms with van der Waals surface area (Å²) in [6.45, 7) is 6.19. The fourth-order valence-electron chi connectivity index (χ4n) is 2.27. The molecule has 3 aromatic rings. The van der Waals surface area contributed by atoms with Gasteiger partial charge in [-0.25, -0.2) is 0 Å². The third-order valence-corrected chi connectivity index (χ3v) is 3.51. The predicted octanol–water partition coefficient (Wildman–Crippen LogP) is 4.28. The molecule has 3 rings (SSSR count). The SMILES string of the molecule is Cc1ccc(Nc2nncc(Nc3ccc(C)cc3C)n2)cc1. The van der Waals surface area contributed by atoms with Gasteiger partial charge in [-0.15, -0.1) is 5.10 Å². The van der Waals surface area contributed by atoms with E-state index in [0.29, 0.717) is 11.8 Å². The molecule has 0 saturated carbocycles. The molecule has 0 saturated heterocycles. The first-order valence-electron chi connectivity index (χ1n) is 7.48. The van der Waals surface area contributed by atoms with E-state index in [4.69, 9.17) is 0 Å². The second kappa shape index (κ2) is 6.44. The average Bonchev–Trinajstić information content (AvgIpc) is 2.53. The third-order valence-electron chi connectivity index (χ3n) is 3.51. The Morgan fingerprint density at radius 2 is 1.57 bits per heavy atom. The highest BCUT2D eigenvalue weighted by atomic mass is 15.3. The highest BCUT2D eigenvalue weighted by Crippen LogP contribution is 2.21. The van der Waals surface area contributed by atoms with Gasteiger partial charge in [0, 0.05) is 11.4 Å². The lowest BCUT2D eigenvalue weighted by Gasteiger charge is -2.10. The Labute approximate surface area is 135 Å². The van der Waals surface area contributed by atoms with Gasteiger partial charge in [-0.05, 0) is 44.5 Å². The number of hydrogen-bond acceptors (Lipinski definition) is 5. The molecule has 0 fully saturated rings. The van der Waals surface area contributed by atoms with Gasteiger partial charge < -0.3 is 10.6 Å². The number of aryl methyl sites for hydroxylation is 3. The first kappa shape index (κ1) is 15.0. The number of benzene rings is 2. The summed E-state index contributed by atoms with van der Waals surface area (Å²) in [6, 6.07) is 14.3. The monoisotopic (exact) mass is 305 g/mol. The van der Waals surface area contributed by atoms with E-state index in [9.17, 15) is 0 Å². The van der Waals surface area contributed by atoms with Gasteiger partial charge in [-0.3, -0.25) is 0 Å². The Kier molecular flexibility index (Phi) is 4.19. The molecule has 2 N–H and O–H groups in total. The molecule has 0 unspecified atom stereocenters. The maximum Gasteiger partial charge on any atom is 0.249 e. The van der Waals surface area contributed by atoms with Crippen LogP contribution in [-0.4, -0.2) is 15.2 Å². The number of aromatic nitrogens is 3. The summed E-state index contributed by atoms with van der Waals surface area (Å²) in [4.78, 5) is 4.45. The van der Waals surface area contributed by atoms with Crippen molar-refractivity contribution in [2.45, 2.75) is 20.8 Å². The van der Waals surface area contributed by atoms with Crippen LogP contribution >= 0.6 is 0 Å². The topological polar surface area (TPSA) is 62.7 Å². The Balaban J connectivity index is 1.78. The van der Waals surface area contributed by atoms with Crippen molar-refractivity contribution in [3.63, 3.8) is 0 Å². The molecule has 1 aromatic heterocycles. The largest absolute Gasteiger partial charge is 0.339 e. The van der Waals surface area contributed by atoms with Crippen molar-refractivity contribution in [1.82, 2.24) is 15.2 Å². The smallest absolute Gasteiger partial charge is 0.249 e. The first-order chi connectivity index (χ1) is 11.1. The highest BCUT2D eigenvalue weighted by Gasteiger charge is 2.04. The zero-order chi connectivity index (χ0) is 16.2. The molecular formula is C18H19N5. The maximum atomic E-state index is 4.45. The molecule has 5 nitrogen and oxygen atoms in total. The van der Waals surface area contributed by atoms with Gasteiger partial charge in [-0.2, -0.15) is 10.1 Å². The van der Waals surface area contributed by atoms with E-state index in [2.05, 4.69) is 58.7 Å². The fraction of sp³-hybridized carbons (Fsp3) is 0.167. The molecule has 0 radical (unpaired) electrons. The van der Waals surface area contributed by atoms with E-state index in [1.54, 1.807) is 6.20 Å². The minimum absolute atomic E-state index is 0.462. The van der Waals surface area contributed by atoms with E-state index in [0.717, 1.165) is 16.9 Å². The third kappa shape index (κ3) is 3.83. The average molecular weight is 305 g/mol. The van der Waals surface area contributed by atoms with Gasteiger partial charge in [-0.1, -0.05) is 35.4 Å². The number of hydrogen-bond donors (Lipinski definition) is 2. The van der Waals surface area contributed by atoms with Crippen LogP contribution in [0.1, 0.15) is 16.7 Å². The van der Waals surface area contributed by atoms with Gasteiger partial charge in [0.25, 0.3) is 0 Å². The van der Waals surface area contributed by atoms with Gasteiger partial charge in [0.1, 0.15) is 0 Å². The molecule has 0 aliphatic rings. The standard InChI is InChI=1S/C18H19N5/c1-12-4-7-15(8-5-12)20-18-22-17(11-19-23-18)21-16-9-6-13(2)10-14(16)3/h4-11H,1-3H3,(H2,20,21,22,23). The number of anilines is 4. The summed E-state index contributed by atoms with van der Waals surface area (Å²) >= 11 is 0. The van der Waals surface area contributed by atoms with Gasteiger partial charge in [0.15, 0.2) is 5.82 Å². The van der Waals surface area contributed by atoms with Crippen molar-refractivity contribution in [3.05, 3.63) is 65.4 Å². The number of nitrogens with zero attached hydrogens (tertiary/aromatic N) is 3. The van der Waals surface area contributed by atoms with Crippen LogP contribution in [0.3, 0.4) is 0 Å². The Morgan fingerprint density at radius 3 is 2.30 bits per heavy atom. The fourth-order valence-corrected chi connectivity index (χ4v) is 2.27. The van der Waals surface area contributed by atoms with E-state index in [-0.39, 0.29) is 0 Å². The zero-order valence-corrected chi connectivity index (χ0v) is 13.5. The van der Waals surface area contributed by atoms with Crippen molar-refractivity contribution in [3.8, 4) is 0 Å². The lowest BCUT2D eigenvalue weighted by atomic mass is 10.1. The molecule has 5 heteroatoms. The summed E-state index contributed by atoms with van der Waals surface area (Å²) in [6.07, 6.45) is 1.61. The molecule has 0 bridgehead atoms. The highest BCUT2D eigenvalue weighted by molar-refractivity contribution is 5.62. The van der Waals surface area contributed by atoms with Gasteiger partial charge >= 0.3 is 0 Å². The summed E-state index contributed by atoms with van der Waals surface area (Å²) in [5.41, 5.74) is 5.55. The Hall–Kier alpha value is -2.95. The summed E-state index contributed by atoms with van der Waals surface area (Å²) in [7, 11) is 0. The van der Waals surface area contributed by atoms with E-state index in [1.807, 2.05) is 30.3 Å². The maximum absolute atomic E-state index is 4.45. The number of nitrogens with one attached hydrogen (secondary N) is 2. The van der Waals surface area contributed by atoms with E-state index < -0.39 is 0 Å². The second-order valence-electron chi connectivity index (χ2n) is 5.60. The zero-order valence-electron chi connectivity index (χ0n) is 13.5. The van der Waals surface area contributed by atoms with Crippen molar-refractivity contribution in [1.29, 1.82) is 0 Å².